The van der Waals surface area contributed by atoms with Crippen LogP contribution < -0.4 is 9.47 Å². The molecule has 3 aromatic rings. The average molecular weight is 291 g/mol. The highest BCUT2D eigenvalue weighted by Crippen LogP contribution is 2.21. The summed E-state index contributed by atoms with van der Waals surface area (Å²) in [6, 6.07) is 20.3. The van der Waals surface area contributed by atoms with Gasteiger partial charge in [0, 0.05) is 31.2 Å². The minimum atomic E-state index is 0.829. The number of para-hydroxylation sites is 1. The van der Waals surface area contributed by atoms with Crippen LogP contribution in [0.5, 0.6) is 0 Å². The van der Waals surface area contributed by atoms with Crippen LogP contribution in [0.15, 0.2) is 70.9 Å². The lowest BCUT2D eigenvalue weighted by molar-refractivity contribution is -0.631. The highest BCUT2D eigenvalue weighted by Gasteiger charge is 2.09. The van der Waals surface area contributed by atoms with Crippen molar-refractivity contribution in [3.63, 3.8) is 0 Å². The number of benzene rings is 2. The molecule has 3 rings (SSSR count). The molecule has 110 valence electrons. The molecule has 0 aliphatic rings. The van der Waals surface area contributed by atoms with Gasteiger partial charge in [0.15, 0.2) is 0 Å². The number of hydrogen-bond acceptors (Lipinski definition) is 3. The Hall–Kier alpha value is -2.75. The molecule has 0 fully saturated rings. The maximum atomic E-state index is 4.38. The second-order valence-electron chi connectivity index (χ2n) is 5.42. The highest BCUT2D eigenvalue weighted by molar-refractivity contribution is 5.76. The SMILES string of the molecule is CN(C)c1ccc(N=Nc2ccc3ccccc3[n+]2C)cc1. The van der Waals surface area contributed by atoms with Crippen molar-refractivity contribution in [3.8, 4) is 0 Å². The molecule has 0 spiro atoms. The number of aryl methyl sites for hydroxylation is 1. The van der Waals surface area contributed by atoms with Crippen molar-refractivity contribution in [2.24, 2.45) is 17.3 Å². The number of hydrogen-bond donors (Lipinski definition) is 0. The third-order valence-corrected chi connectivity index (χ3v) is 3.69. The Morgan fingerprint density at radius 1 is 0.818 bits per heavy atom. The van der Waals surface area contributed by atoms with Gasteiger partial charge in [0.1, 0.15) is 11.2 Å². The Balaban J connectivity index is 1.90. The van der Waals surface area contributed by atoms with Crippen molar-refractivity contribution < 1.29 is 4.57 Å². The fourth-order valence-corrected chi connectivity index (χ4v) is 2.36. The zero-order chi connectivity index (χ0) is 15.5. The summed E-state index contributed by atoms with van der Waals surface area (Å²) in [5.74, 6) is 0.829. The predicted octanol–water partition coefficient (Wildman–Crippen LogP) is 4.15. The van der Waals surface area contributed by atoms with Crippen molar-refractivity contribution in [2.75, 3.05) is 19.0 Å². The number of pyridine rings is 1. The van der Waals surface area contributed by atoms with Crippen LogP contribution in [-0.4, -0.2) is 14.1 Å². The molecule has 0 N–H and O–H groups in total. The minimum absolute atomic E-state index is 0.829. The van der Waals surface area contributed by atoms with Gasteiger partial charge in [-0.1, -0.05) is 18.2 Å². The Morgan fingerprint density at radius 3 is 2.27 bits per heavy atom. The van der Waals surface area contributed by atoms with Crippen LogP contribution in [0.2, 0.25) is 0 Å². The molecule has 22 heavy (non-hydrogen) atoms. The van der Waals surface area contributed by atoms with E-state index in [1.165, 1.54) is 5.39 Å². The number of rotatable bonds is 3. The van der Waals surface area contributed by atoms with Gasteiger partial charge in [-0.3, -0.25) is 0 Å². The van der Waals surface area contributed by atoms with E-state index in [1.54, 1.807) is 0 Å². The molecule has 0 atom stereocenters. The van der Waals surface area contributed by atoms with Gasteiger partial charge in [-0.15, -0.1) is 0 Å². The lowest BCUT2D eigenvalue weighted by Gasteiger charge is -2.11. The summed E-state index contributed by atoms with van der Waals surface area (Å²) in [6.45, 7) is 0. The van der Waals surface area contributed by atoms with E-state index in [4.69, 9.17) is 0 Å². The van der Waals surface area contributed by atoms with E-state index in [1.807, 2.05) is 68.2 Å². The molecule has 0 unspecified atom stereocenters. The molecule has 0 radical (unpaired) electrons. The zero-order valence-electron chi connectivity index (χ0n) is 13.1. The van der Waals surface area contributed by atoms with Crippen LogP contribution in [-0.2, 0) is 7.05 Å². The van der Waals surface area contributed by atoms with Crippen molar-refractivity contribution in [1.29, 1.82) is 0 Å². The van der Waals surface area contributed by atoms with E-state index < -0.39 is 0 Å². The summed E-state index contributed by atoms with van der Waals surface area (Å²) in [6.07, 6.45) is 0. The van der Waals surface area contributed by atoms with Gasteiger partial charge in [-0.2, -0.15) is 0 Å². The largest absolute Gasteiger partial charge is 0.378 e. The second-order valence-corrected chi connectivity index (χ2v) is 5.42. The third-order valence-electron chi connectivity index (χ3n) is 3.69. The summed E-state index contributed by atoms with van der Waals surface area (Å²) < 4.78 is 2.05. The summed E-state index contributed by atoms with van der Waals surface area (Å²) in [5, 5.41) is 9.90. The molecule has 0 aliphatic heterocycles. The lowest BCUT2D eigenvalue weighted by Crippen LogP contribution is -2.28. The summed E-state index contributed by atoms with van der Waals surface area (Å²) in [4.78, 5) is 2.06. The van der Waals surface area contributed by atoms with E-state index in [0.717, 1.165) is 22.7 Å². The van der Waals surface area contributed by atoms with Crippen LogP contribution in [0.4, 0.5) is 17.2 Å². The van der Waals surface area contributed by atoms with Gasteiger partial charge in [-0.25, -0.2) is 4.57 Å². The predicted molar refractivity (Wildman–Crippen MR) is 90.1 cm³/mol. The van der Waals surface area contributed by atoms with Crippen LogP contribution in [0.3, 0.4) is 0 Å². The molecule has 1 heterocycles. The molecule has 2 aromatic carbocycles. The molecule has 0 saturated heterocycles. The third kappa shape index (κ3) is 2.81. The Labute approximate surface area is 130 Å². The maximum absolute atomic E-state index is 4.38. The van der Waals surface area contributed by atoms with Gasteiger partial charge in [-0.05, 0) is 41.5 Å². The number of aromatic nitrogens is 1. The first-order valence-electron chi connectivity index (χ1n) is 7.22. The molecular formula is C18H19N4+. The zero-order valence-corrected chi connectivity index (χ0v) is 13.1. The Morgan fingerprint density at radius 2 is 1.55 bits per heavy atom. The Bertz CT molecular complexity index is 820. The van der Waals surface area contributed by atoms with E-state index in [0.29, 0.717) is 0 Å². The number of azo groups is 1. The molecule has 4 heteroatoms. The fraction of sp³-hybridized carbons (Fsp3) is 0.167. The van der Waals surface area contributed by atoms with Crippen molar-refractivity contribution in [1.82, 2.24) is 0 Å². The molecule has 0 saturated carbocycles. The smallest absolute Gasteiger partial charge is 0.350 e. The molecule has 4 nitrogen and oxygen atoms in total. The Kier molecular flexibility index (Phi) is 3.83. The molecule has 1 aromatic heterocycles. The molecule has 0 amide bonds. The maximum Gasteiger partial charge on any atom is 0.350 e. The van der Waals surface area contributed by atoms with Crippen molar-refractivity contribution in [3.05, 3.63) is 60.7 Å². The number of nitrogens with zero attached hydrogens (tertiary/aromatic N) is 4. The first-order chi connectivity index (χ1) is 10.6. The topological polar surface area (TPSA) is 31.8 Å². The van der Waals surface area contributed by atoms with Gasteiger partial charge < -0.3 is 4.90 Å². The number of fused-ring (bicyclic) bond motifs is 1. The quantitative estimate of drug-likeness (QED) is 0.527. The summed E-state index contributed by atoms with van der Waals surface area (Å²) in [7, 11) is 6.04. The average Bonchev–Trinajstić information content (AvgIpc) is 2.55. The van der Waals surface area contributed by atoms with Crippen LogP contribution in [0, 0.1) is 0 Å². The fourth-order valence-electron chi connectivity index (χ4n) is 2.36. The van der Waals surface area contributed by atoms with E-state index >= 15 is 0 Å². The second kappa shape index (κ2) is 5.93. The monoisotopic (exact) mass is 291 g/mol. The normalized spacial score (nSPS) is 11.2. The molecule has 0 bridgehead atoms. The highest BCUT2D eigenvalue weighted by atomic mass is 15.2. The van der Waals surface area contributed by atoms with Crippen LogP contribution in [0.25, 0.3) is 10.9 Å². The van der Waals surface area contributed by atoms with Gasteiger partial charge in [0.05, 0.1) is 12.2 Å². The first kappa shape index (κ1) is 14.2. The first-order valence-corrected chi connectivity index (χ1v) is 7.22. The van der Waals surface area contributed by atoms with Crippen molar-refractivity contribution in [2.45, 2.75) is 0 Å². The summed E-state index contributed by atoms with van der Waals surface area (Å²) >= 11 is 0. The molecule has 0 aliphatic carbocycles. The molecular weight excluding hydrogens is 272 g/mol. The van der Waals surface area contributed by atoms with Crippen LogP contribution >= 0.6 is 0 Å². The van der Waals surface area contributed by atoms with Gasteiger partial charge in [0.2, 0.25) is 0 Å². The van der Waals surface area contributed by atoms with E-state index in [-0.39, 0.29) is 0 Å². The lowest BCUT2D eigenvalue weighted by atomic mass is 10.2. The standard InChI is InChI=1S/C18H19N4/c1-21(2)16-11-9-15(10-12-16)19-20-18-13-8-14-6-4-5-7-17(14)22(18)3/h4-13H,1-3H3/q+1. The van der Waals surface area contributed by atoms with E-state index in [9.17, 15) is 0 Å². The van der Waals surface area contributed by atoms with Gasteiger partial charge >= 0.3 is 5.82 Å². The van der Waals surface area contributed by atoms with E-state index in [2.05, 4.69) is 33.3 Å². The minimum Gasteiger partial charge on any atom is -0.378 e. The van der Waals surface area contributed by atoms with Gasteiger partial charge in [0.25, 0.3) is 0 Å². The summed E-state index contributed by atoms with van der Waals surface area (Å²) in [5.41, 5.74) is 3.14. The van der Waals surface area contributed by atoms with Crippen LogP contribution in [0.1, 0.15) is 0 Å². The van der Waals surface area contributed by atoms with Crippen molar-refractivity contribution >= 4 is 28.1 Å². The number of anilines is 1.